The molecule has 1 fully saturated rings. The first-order valence-electron chi connectivity index (χ1n) is 9.31. The van der Waals surface area contributed by atoms with Crippen LogP contribution in [0.2, 0.25) is 0 Å². The van der Waals surface area contributed by atoms with Gasteiger partial charge in [-0.2, -0.15) is 13.2 Å². The van der Waals surface area contributed by atoms with Crippen LogP contribution in [0.25, 0.3) is 0 Å². The molecule has 0 aliphatic carbocycles. The largest absolute Gasteiger partial charge is 0.416 e. The molecule has 3 rings (SSSR count). The second kappa shape index (κ2) is 9.12. The molecule has 0 spiro atoms. The number of nitro groups is 1. The van der Waals surface area contributed by atoms with Crippen molar-refractivity contribution >= 4 is 17.3 Å². The number of halogens is 3. The molecule has 7 nitrogen and oxygen atoms in total. The first-order chi connectivity index (χ1) is 14.3. The summed E-state index contributed by atoms with van der Waals surface area (Å²) in [6.07, 6.45) is -4.07. The molecule has 1 N–H and O–H groups in total. The molecule has 0 unspecified atom stereocenters. The van der Waals surface area contributed by atoms with E-state index >= 15 is 0 Å². The Balaban J connectivity index is 1.69. The summed E-state index contributed by atoms with van der Waals surface area (Å²) in [4.78, 5) is 25.2. The van der Waals surface area contributed by atoms with Crippen LogP contribution in [0.3, 0.4) is 0 Å². The molecule has 1 saturated heterocycles. The number of rotatable bonds is 6. The molecule has 2 aromatic rings. The van der Waals surface area contributed by atoms with E-state index in [1.807, 2.05) is 4.90 Å². The normalized spacial score (nSPS) is 14.4. The van der Waals surface area contributed by atoms with Gasteiger partial charge in [0.25, 0.3) is 11.6 Å². The van der Waals surface area contributed by atoms with Gasteiger partial charge in [0.05, 0.1) is 35.0 Å². The fourth-order valence-electron chi connectivity index (χ4n) is 3.18. The first-order valence-corrected chi connectivity index (χ1v) is 9.31. The van der Waals surface area contributed by atoms with E-state index in [2.05, 4.69) is 5.32 Å². The lowest BCUT2D eigenvalue weighted by molar-refractivity contribution is -0.384. The Morgan fingerprint density at radius 1 is 1.13 bits per heavy atom. The minimum atomic E-state index is -4.40. The van der Waals surface area contributed by atoms with Gasteiger partial charge in [0.15, 0.2) is 0 Å². The number of anilines is 1. The molecule has 0 saturated carbocycles. The zero-order chi connectivity index (χ0) is 21.7. The maximum absolute atomic E-state index is 12.7. The van der Waals surface area contributed by atoms with Crippen LogP contribution in [0, 0.1) is 10.1 Å². The van der Waals surface area contributed by atoms with Gasteiger partial charge < -0.3 is 15.0 Å². The highest BCUT2D eigenvalue weighted by Crippen LogP contribution is 2.29. The maximum atomic E-state index is 12.7. The van der Waals surface area contributed by atoms with Crippen LogP contribution < -0.4 is 10.2 Å². The third-order valence-electron chi connectivity index (χ3n) is 4.77. The van der Waals surface area contributed by atoms with Crippen molar-refractivity contribution in [1.82, 2.24) is 5.32 Å². The Hall–Kier alpha value is -3.14. The summed E-state index contributed by atoms with van der Waals surface area (Å²) in [5.41, 5.74) is 0.465. The second-order valence-electron chi connectivity index (χ2n) is 6.76. The van der Waals surface area contributed by atoms with Crippen molar-refractivity contribution in [1.29, 1.82) is 0 Å². The molecule has 2 aromatic carbocycles. The Kier molecular flexibility index (Phi) is 6.56. The van der Waals surface area contributed by atoms with Gasteiger partial charge in [-0.1, -0.05) is 12.1 Å². The molecule has 30 heavy (non-hydrogen) atoms. The smallest absolute Gasteiger partial charge is 0.378 e. The molecule has 160 valence electrons. The average molecular weight is 423 g/mol. The Labute approximate surface area is 170 Å². The third kappa shape index (κ3) is 5.26. The van der Waals surface area contributed by atoms with Crippen molar-refractivity contribution in [2.75, 3.05) is 37.7 Å². The van der Waals surface area contributed by atoms with E-state index in [0.29, 0.717) is 44.0 Å². The van der Waals surface area contributed by atoms with Crippen molar-refractivity contribution in [3.05, 3.63) is 69.3 Å². The summed E-state index contributed by atoms with van der Waals surface area (Å²) in [7, 11) is 0. The Morgan fingerprint density at radius 2 is 1.80 bits per heavy atom. The Bertz CT molecular complexity index is 911. The van der Waals surface area contributed by atoms with Crippen molar-refractivity contribution < 1.29 is 27.6 Å². The molecule has 1 amide bonds. The van der Waals surface area contributed by atoms with Crippen molar-refractivity contribution in [2.45, 2.75) is 12.6 Å². The van der Waals surface area contributed by atoms with Gasteiger partial charge in [0, 0.05) is 31.8 Å². The number of hydrogen-bond donors (Lipinski definition) is 1. The lowest BCUT2D eigenvalue weighted by atomic mass is 10.1. The summed E-state index contributed by atoms with van der Waals surface area (Å²) >= 11 is 0. The molecule has 1 aliphatic heterocycles. The predicted molar refractivity (Wildman–Crippen MR) is 104 cm³/mol. The standard InChI is InChI=1S/C20H20F3N3O4/c21-20(22,23)15-3-1-14(2-4-15)7-8-24-19(27)17-13-16(26(28)29)5-6-18(17)25-9-11-30-12-10-25/h1-6,13H,7-12H2,(H,24,27). The van der Waals surface area contributed by atoms with E-state index in [1.165, 1.54) is 24.3 Å². The SMILES string of the molecule is O=C(NCCc1ccc(C(F)(F)F)cc1)c1cc([N+](=O)[O-])ccc1N1CCOCC1. The minimum Gasteiger partial charge on any atom is -0.378 e. The number of hydrogen-bond acceptors (Lipinski definition) is 5. The van der Waals surface area contributed by atoms with E-state index in [4.69, 9.17) is 4.74 Å². The first kappa shape index (κ1) is 21.6. The summed E-state index contributed by atoms with van der Waals surface area (Å²) in [6, 6.07) is 8.85. The molecule has 0 bridgehead atoms. The Morgan fingerprint density at radius 3 is 2.40 bits per heavy atom. The number of carbonyl (C=O) groups is 1. The molecule has 1 aliphatic rings. The van der Waals surface area contributed by atoms with Gasteiger partial charge in [-0.05, 0) is 30.2 Å². The van der Waals surface area contributed by atoms with Crippen LogP contribution in [-0.4, -0.2) is 43.7 Å². The molecular weight excluding hydrogens is 403 g/mol. The topological polar surface area (TPSA) is 84.7 Å². The number of amides is 1. The number of carbonyl (C=O) groups excluding carboxylic acids is 1. The average Bonchev–Trinajstić information content (AvgIpc) is 2.73. The number of benzene rings is 2. The molecule has 0 aromatic heterocycles. The van der Waals surface area contributed by atoms with Gasteiger partial charge in [0.2, 0.25) is 0 Å². The van der Waals surface area contributed by atoms with Crippen LogP contribution in [0.4, 0.5) is 24.5 Å². The van der Waals surface area contributed by atoms with Crippen molar-refractivity contribution in [3.8, 4) is 0 Å². The van der Waals surface area contributed by atoms with E-state index in [0.717, 1.165) is 12.1 Å². The van der Waals surface area contributed by atoms with Crippen LogP contribution in [0.5, 0.6) is 0 Å². The second-order valence-corrected chi connectivity index (χ2v) is 6.76. The molecular formula is C20H20F3N3O4. The summed E-state index contributed by atoms with van der Waals surface area (Å²) in [6.45, 7) is 2.28. The fraction of sp³-hybridized carbons (Fsp3) is 0.350. The van der Waals surface area contributed by atoms with Crippen LogP contribution in [0.15, 0.2) is 42.5 Å². The lowest BCUT2D eigenvalue weighted by Gasteiger charge is -2.30. The number of nitrogens with one attached hydrogen (secondary N) is 1. The molecule has 0 radical (unpaired) electrons. The number of nitro benzene ring substituents is 1. The quantitative estimate of drug-likeness (QED) is 0.569. The van der Waals surface area contributed by atoms with E-state index in [-0.39, 0.29) is 17.8 Å². The lowest BCUT2D eigenvalue weighted by Crippen LogP contribution is -2.38. The zero-order valence-electron chi connectivity index (χ0n) is 15.9. The monoisotopic (exact) mass is 423 g/mol. The summed E-state index contributed by atoms with van der Waals surface area (Å²) < 4.78 is 43.2. The van der Waals surface area contributed by atoms with Gasteiger partial charge >= 0.3 is 6.18 Å². The van der Waals surface area contributed by atoms with Gasteiger partial charge in [-0.15, -0.1) is 0 Å². The number of morpholine rings is 1. The predicted octanol–water partition coefficient (Wildman–Crippen LogP) is 3.42. The molecule has 0 atom stereocenters. The van der Waals surface area contributed by atoms with Gasteiger partial charge in [-0.25, -0.2) is 0 Å². The van der Waals surface area contributed by atoms with E-state index < -0.39 is 22.6 Å². The zero-order valence-corrected chi connectivity index (χ0v) is 15.9. The number of non-ortho nitro benzene ring substituents is 1. The maximum Gasteiger partial charge on any atom is 0.416 e. The van der Waals surface area contributed by atoms with E-state index in [9.17, 15) is 28.1 Å². The molecule has 10 heteroatoms. The van der Waals surface area contributed by atoms with Crippen molar-refractivity contribution in [3.63, 3.8) is 0 Å². The number of nitrogens with zero attached hydrogens (tertiary/aromatic N) is 2. The van der Waals surface area contributed by atoms with Gasteiger partial charge in [-0.3, -0.25) is 14.9 Å². The summed E-state index contributed by atoms with van der Waals surface area (Å²) in [5.74, 6) is -0.480. The number of ether oxygens (including phenoxy) is 1. The highest BCUT2D eigenvalue weighted by molar-refractivity contribution is 6.00. The van der Waals surface area contributed by atoms with Crippen LogP contribution in [0.1, 0.15) is 21.5 Å². The summed E-state index contributed by atoms with van der Waals surface area (Å²) in [5, 5.41) is 13.8. The van der Waals surface area contributed by atoms with Crippen LogP contribution >= 0.6 is 0 Å². The number of alkyl halides is 3. The van der Waals surface area contributed by atoms with Gasteiger partial charge in [0.1, 0.15) is 0 Å². The molecule has 1 heterocycles. The van der Waals surface area contributed by atoms with E-state index in [1.54, 1.807) is 6.07 Å². The highest BCUT2D eigenvalue weighted by Gasteiger charge is 2.30. The highest BCUT2D eigenvalue weighted by atomic mass is 19.4. The van der Waals surface area contributed by atoms with Crippen LogP contribution in [-0.2, 0) is 17.3 Å². The van der Waals surface area contributed by atoms with Crippen molar-refractivity contribution in [2.24, 2.45) is 0 Å². The fourth-order valence-corrected chi connectivity index (χ4v) is 3.18. The minimum absolute atomic E-state index is 0.176. The third-order valence-corrected chi connectivity index (χ3v) is 4.77.